The van der Waals surface area contributed by atoms with Gasteiger partial charge in [0.1, 0.15) is 10.8 Å². The molecule has 1 saturated carbocycles. The Hall–Kier alpha value is -1.14. The van der Waals surface area contributed by atoms with Crippen molar-refractivity contribution >= 4 is 23.0 Å². The molecule has 0 bridgehead atoms. The summed E-state index contributed by atoms with van der Waals surface area (Å²) in [5.41, 5.74) is 7.38. The number of nitrogens with zero attached hydrogens (tertiary/aromatic N) is 2. The molecule has 1 heterocycles. The SMILES string of the molecule is Cc1nn(C)c(NC2CCCCCC2O)c1C(N)=S. The van der Waals surface area contributed by atoms with Gasteiger partial charge in [0.25, 0.3) is 0 Å². The lowest BCUT2D eigenvalue weighted by Crippen LogP contribution is -2.34. The van der Waals surface area contributed by atoms with Crippen molar-refractivity contribution in [2.75, 3.05) is 5.32 Å². The smallest absolute Gasteiger partial charge is 0.134 e. The van der Waals surface area contributed by atoms with Crippen molar-refractivity contribution in [2.45, 2.75) is 51.2 Å². The molecule has 0 aliphatic heterocycles. The molecule has 1 aliphatic carbocycles. The Morgan fingerprint density at radius 3 is 2.79 bits per heavy atom. The molecule has 4 N–H and O–H groups in total. The summed E-state index contributed by atoms with van der Waals surface area (Å²) in [5, 5.41) is 17.9. The molecule has 0 saturated heterocycles. The molecule has 0 amide bonds. The Bertz CT molecular complexity index is 471. The molecule has 2 unspecified atom stereocenters. The lowest BCUT2D eigenvalue weighted by atomic mass is 10.1. The van der Waals surface area contributed by atoms with Crippen molar-refractivity contribution in [2.24, 2.45) is 12.8 Å². The van der Waals surface area contributed by atoms with Crippen molar-refractivity contribution in [3.63, 3.8) is 0 Å². The van der Waals surface area contributed by atoms with Gasteiger partial charge in [-0.3, -0.25) is 4.68 Å². The fraction of sp³-hybridized carbons (Fsp3) is 0.692. The lowest BCUT2D eigenvalue weighted by Gasteiger charge is -2.23. The molecule has 1 fully saturated rings. The number of nitrogens with two attached hydrogens (primary N) is 1. The minimum atomic E-state index is -0.322. The zero-order valence-corrected chi connectivity index (χ0v) is 12.3. The maximum absolute atomic E-state index is 10.2. The van der Waals surface area contributed by atoms with E-state index in [0.29, 0.717) is 4.99 Å². The van der Waals surface area contributed by atoms with E-state index in [1.54, 1.807) is 4.68 Å². The molecule has 106 valence electrons. The van der Waals surface area contributed by atoms with Crippen LogP contribution >= 0.6 is 12.2 Å². The zero-order valence-electron chi connectivity index (χ0n) is 11.5. The van der Waals surface area contributed by atoms with Gasteiger partial charge in [0.15, 0.2) is 0 Å². The number of anilines is 1. The van der Waals surface area contributed by atoms with Gasteiger partial charge < -0.3 is 16.2 Å². The number of aliphatic hydroxyl groups is 1. The Labute approximate surface area is 119 Å². The van der Waals surface area contributed by atoms with E-state index in [1.165, 1.54) is 6.42 Å². The fourth-order valence-electron chi connectivity index (χ4n) is 2.75. The highest BCUT2D eigenvalue weighted by Crippen LogP contribution is 2.25. The van der Waals surface area contributed by atoms with Crippen LogP contribution in [0.15, 0.2) is 0 Å². The fourth-order valence-corrected chi connectivity index (χ4v) is 3.00. The summed E-state index contributed by atoms with van der Waals surface area (Å²) in [4.78, 5) is 0.344. The molecule has 1 aromatic heterocycles. The number of rotatable bonds is 3. The minimum absolute atomic E-state index is 0.0467. The summed E-state index contributed by atoms with van der Waals surface area (Å²) in [6.07, 6.45) is 4.89. The van der Waals surface area contributed by atoms with E-state index in [4.69, 9.17) is 18.0 Å². The first-order chi connectivity index (χ1) is 9.00. The molecule has 1 aliphatic rings. The van der Waals surface area contributed by atoms with E-state index in [-0.39, 0.29) is 12.1 Å². The van der Waals surface area contributed by atoms with Crippen molar-refractivity contribution in [3.05, 3.63) is 11.3 Å². The second-order valence-corrected chi connectivity index (χ2v) is 5.69. The molecule has 0 radical (unpaired) electrons. The van der Waals surface area contributed by atoms with Gasteiger partial charge in [0, 0.05) is 7.05 Å². The molecule has 0 aromatic carbocycles. The molecule has 0 spiro atoms. The van der Waals surface area contributed by atoms with Gasteiger partial charge in [-0.2, -0.15) is 5.10 Å². The van der Waals surface area contributed by atoms with Crippen LogP contribution in [0.25, 0.3) is 0 Å². The summed E-state index contributed by atoms with van der Waals surface area (Å²) < 4.78 is 1.75. The Balaban J connectivity index is 2.24. The number of hydrogen-bond acceptors (Lipinski definition) is 4. The Kier molecular flexibility index (Phi) is 4.42. The number of thiocarbonyl (C=S) groups is 1. The van der Waals surface area contributed by atoms with Crippen molar-refractivity contribution in [1.29, 1.82) is 0 Å². The normalized spacial score (nSPS) is 23.9. The maximum atomic E-state index is 10.2. The van der Waals surface area contributed by atoms with Gasteiger partial charge >= 0.3 is 0 Å². The zero-order chi connectivity index (χ0) is 14.0. The third kappa shape index (κ3) is 3.06. The van der Waals surface area contributed by atoms with E-state index in [1.807, 2.05) is 14.0 Å². The third-order valence-corrected chi connectivity index (χ3v) is 3.97. The summed E-state index contributed by atoms with van der Waals surface area (Å²) in [7, 11) is 1.86. The predicted molar refractivity (Wildman–Crippen MR) is 80.3 cm³/mol. The molecule has 5 nitrogen and oxygen atoms in total. The number of aliphatic hydroxyl groups excluding tert-OH is 1. The van der Waals surface area contributed by atoms with Crippen LogP contribution in [0.5, 0.6) is 0 Å². The van der Waals surface area contributed by atoms with E-state index < -0.39 is 0 Å². The Morgan fingerprint density at radius 2 is 2.11 bits per heavy atom. The summed E-state index contributed by atoms with van der Waals surface area (Å²) in [6, 6.07) is 0.0467. The number of aryl methyl sites for hydroxylation is 2. The highest BCUT2D eigenvalue weighted by Gasteiger charge is 2.25. The summed E-state index contributed by atoms with van der Waals surface area (Å²) in [5.74, 6) is 0.816. The van der Waals surface area contributed by atoms with Gasteiger partial charge in [-0.1, -0.05) is 31.5 Å². The summed E-state index contributed by atoms with van der Waals surface area (Å²) in [6.45, 7) is 1.89. The molecule has 2 atom stereocenters. The van der Waals surface area contributed by atoms with E-state index in [2.05, 4.69) is 10.4 Å². The first kappa shape index (κ1) is 14.3. The minimum Gasteiger partial charge on any atom is -0.391 e. The van der Waals surface area contributed by atoms with Crippen LogP contribution in [0.4, 0.5) is 5.82 Å². The summed E-state index contributed by atoms with van der Waals surface area (Å²) >= 11 is 5.10. The number of aromatic nitrogens is 2. The van der Waals surface area contributed by atoms with Crippen LogP contribution in [0.1, 0.15) is 43.4 Å². The van der Waals surface area contributed by atoms with Crippen LogP contribution < -0.4 is 11.1 Å². The van der Waals surface area contributed by atoms with E-state index in [0.717, 1.165) is 42.8 Å². The van der Waals surface area contributed by atoms with Gasteiger partial charge in [0.2, 0.25) is 0 Å². The topological polar surface area (TPSA) is 76.1 Å². The van der Waals surface area contributed by atoms with Gasteiger partial charge in [0.05, 0.1) is 23.4 Å². The quantitative estimate of drug-likeness (QED) is 0.578. The van der Waals surface area contributed by atoms with Gasteiger partial charge in [-0.05, 0) is 19.8 Å². The monoisotopic (exact) mass is 282 g/mol. The van der Waals surface area contributed by atoms with Gasteiger partial charge in [-0.15, -0.1) is 0 Å². The first-order valence-corrected chi connectivity index (χ1v) is 7.19. The van der Waals surface area contributed by atoms with Crippen LogP contribution in [-0.4, -0.2) is 32.0 Å². The van der Waals surface area contributed by atoms with Crippen LogP contribution in [0, 0.1) is 6.92 Å². The average molecular weight is 282 g/mol. The molecule has 6 heteroatoms. The second kappa shape index (κ2) is 5.88. The average Bonchev–Trinajstić information content (AvgIpc) is 2.48. The molecular formula is C13H22N4OS. The maximum Gasteiger partial charge on any atom is 0.134 e. The van der Waals surface area contributed by atoms with E-state index in [9.17, 15) is 5.11 Å². The molecule has 1 aromatic rings. The molecule has 2 rings (SSSR count). The van der Waals surface area contributed by atoms with Crippen LogP contribution in [0.3, 0.4) is 0 Å². The van der Waals surface area contributed by atoms with Crippen molar-refractivity contribution in [1.82, 2.24) is 9.78 Å². The van der Waals surface area contributed by atoms with Gasteiger partial charge in [-0.25, -0.2) is 0 Å². The molecular weight excluding hydrogens is 260 g/mol. The second-order valence-electron chi connectivity index (χ2n) is 5.25. The predicted octanol–water partition coefficient (Wildman–Crippen LogP) is 1.47. The van der Waals surface area contributed by atoms with Crippen molar-refractivity contribution in [3.8, 4) is 0 Å². The van der Waals surface area contributed by atoms with Crippen LogP contribution in [-0.2, 0) is 7.05 Å². The Morgan fingerprint density at radius 1 is 1.42 bits per heavy atom. The lowest BCUT2D eigenvalue weighted by molar-refractivity contribution is 0.144. The number of hydrogen-bond donors (Lipinski definition) is 3. The number of nitrogens with one attached hydrogen (secondary N) is 1. The first-order valence-electron chi connectivity index (χ1n) is 6.78. The van der Waals surface area contributed by atoms with Crippen molar-refractivity contribution < 1.29 is 5.11 Å². The molecule has 19 heavy (non-hydrogen) atoms. The largest absolute Gasteiger partial charge is 0.391 e. The van der Waals surface area contributed by atoms with Crippen LogP contribution in [0.2, 0.25) is 0 Å². The highest BCUT2D eigenvalue weighted by atomic mass is 32.1. The third-order valence-electron chi connectivity index (χ3n) is 3.77. The standard InChI is InChI=1S/C13H22N4OS/c1-8-11(12(14)19)13(17(2)16-8)15-9-6-4-3-5-7-10(9)18/h9-10,15,18H,3-7H2,1-2H3,(H2,14,19). The highest BCUT2D eigenvalue weighted by molar-refractivity contribution is 7.80. The van der Waals surface area contributed by atoms with E-state index >= 15 is 0 Å².